The number of rotatable bonds is 14. The summed E-state index contributed by atoms with van der Waals surface area (Å²) in [6.07, 6.45) is 5.85. The van der Waals surface area contributed by atoms with E-state index in [4.69, 9.17) is 9.47 Å². The van der Waals surface area contributed by atoms with Gasteiger partial charge < -0.3 is 19.9 Å². The molecule has 0 bridgehead atoms. The van der Waals surface area contributed by atoms with Crippen molar-refractivity contribution in [1.29, 1.82) is 0 Å². The standard InChI is InChI=1S/C33H38N4O4/c1-4-5-12-22-32(39,35-31(38)25-15-14-23-34-24-25)36-37-33(26-16-8-6-9-17-26,27-18-10-7-11-19-27)28-20-13-21-29(40-2)30(28)41-3/h6-11,13-21,23-24,36-37,39H,4-5,12,22H2,1-3H3,(H,35,38). The first-order chi connectivity index (χ1) is 20.0. The largest absolute Gasteiger partial charge is 0.493 e. The van der Waals surface area contributed by atoms with E-state index in [1.807, 2.05) is 78.9 Å². The van der Waals surface area contributed by atoms with Gasteiger partial charge in [-0.05, 0) is 35.7 Å². The average Bonchev–Trinajstić information content (AvgIpc) is 3.02. The van der Waals surface area contributed by atoms with E-state index in [2.05, 4.69) is 28.1 Å². The molecule has 8 nitrogen and oxygen atoms in total. The fourth-order valence-electron chi connectivity index (χ4n) is 4.99. The van der Waals surface area contributed by atoms with Crippen LogP contribution in [0.1, 0.15) is 59.7 Å². The quantitative estimate of drug-likeness (QED) is 0.0740. The van der Waals surface area contributed by atoms with Crippen molar-refractivity contribution in [3.05, 3.63) is 126 Å². The molecule has 1 aromatic heterocycles. The third-order valence-corrected chi connectivity index (χ3v) is 7.06. The summed E-state index contributed by atoms with van der Waals surface area (Å²) in [6.45, 7) is 2.09. The van der Waals surface area contributed by atoms with Crippen LogP contribution in [0, 0.1) is 0 Å². The molecule has 0 aliphatic rings. The maximum atomic E-state index is 13.2. The first kappa shape index (κ1) is 29.7. The molecule has 214 valence electrons. The molecular formula is C33H38N4O4. The zero-order valence-electron chi connectivity index (χ0n) is 23.8. The molecule has 41 heavy (non-hydrogen) atoms. The number of carbonyl (C=O) groups is 1. The number of hydrogen-bond donors (Lipinski definition) is 4. The van der Waals surface area contributed by atoms with E-state index in [1.54, 1.807) is 32.5 Å². The Bertz CT molecular complexity index is 1350. The van der Waals surface area contributed by atoms with Crippen LogP contribution in [0.25, 0.3) is 0 Å². The Hall–Kier alpha value is -4.24. The predicted molar refractivity (Wildman–Crippen MR) is 159 cm³/mol. The topological polar surface area (TPSA) is 105 Å². The summed E-state index contributed by atoms with van der Waals surface area (Å²) < 4.78 is 11.6. The fourth-order valence-corrected chi connectivity index (χ4v) is 4.99. The van der Waals surface area contributed by atoms with Gasteiger partial charge in [0.05, 0.1) is 19.8 Å². The number of benzene rings is 3. The van der Waals surface area contributed by atoms with Crippen molar-refractivity contribution in [2.24, 2.45) is 0 Å². The van der Waals surface area contributed by atoms with Gasteiger partial charge in [0.25, 0.3) is 5.91 Å². The predicted octanol–water partition coefficient (Wildman–Crippen LogP) is 5.14. The smallest absolute Gasteiger partial charge is 0.256 e. The van der Waals surface area contributed by atoms with Crippen LogP contribution in [-0.4, -0.2) is 36.1 Å². The summed E-state index contributed by atoms with van der Waals surface area (Å²) >= 11 is 0. The summed E-state index contributed by atoms with van der Waals surface area (Å²) in [5, 5.41) is 14.7. The molecule has 0 saturated carbocycles. The van der Waals surface area contributed by atoms with Gasteiger partial charge in [-0.3, -0.25) is 9.78 Å². The van der Waals surface area contributed by atoms with Crippen LogP contribution < -0.4 is 25.6 Å². The third kappa shape index (κ3) is 6.74. The van der Waals surface area contributed by atoms with Gasteiger partial charge in [0.15, 0.2) is 11.5 Å². The summed E-state index contributed by atoms with van der Waals surface area (Å²) in [5.74, 6) is -1.16. The minimum Gasteiger partial charge on any atom is -0.493 e. The van der Waals surface area contributed by atoms with E-state index in [0.717, 1.165) is 29.5 Å². The Labute approximate surface area is 241 Å². The monoisotopic (exact) mass is 554 g/mol. The van der Waals surface area contributed by atoms with E-state index in [0.29, 0.717) is 23.5 Å². The molecule has 4 N–H and O–H groups in total. The third-order valence-electron chi connectivity index (χ3n) is 7.06. The molecule has 0 saturated heterocycles. The van der Waals surface area contributed by atoms with E-state index in [9.17, 15) is 9.90 Å². The Morgan fingerprint density at radius 1 is 0.829 bits per heavy atom. The molecule has 1 amide bonds. The second-order valence-corrected chi connectivity index (χ2v) is 9.79. The normalized spacial score (nSPS) is 12.8. The van der Waals surface area contributed by atoms with E-state index >= 15 is 0 Å². The molecule has 1 heterocycles. The molecule has 0 spiro atoms. The number of para-hydroxylation sites is 1. The highest BCUT2D eigenvalue weighted by atomic mass is 16.5. The van der Waals surface area contributed by atoms with Gasteiger partial charge in [0.1, 0.15) is 5.54 Å². The van der Waals surface area contributed by atoms with Crippen LogP contribution in [0.15, 0.2) is 103 Å². The van der Waals surface area contributed by atoms with Crippen molar-refractivity contribution in [2.45, 2.75) is 44.0 Å². The van der Waals surface area contributed by atoms with Crippen molar-refractivity contribution >= 4 is 5.91 Å². The highest BCUT2D eigenvalue weighted by molar-refractivity contribution is 5.94. The maximum absolute atomic E-state index is 13.2. The highest BCUT2D eigenvalue weighted by Gasteiger charge is 2.42. The lowest BCUT2D eigenvalue weighted by Gasteiger charge is -2.41. The molecular weight excluding hydrogens is 516 g/mol. The van der Waals surface area contributed by atoms with Crippen molar-refractivity contribution in [1.82, 2.24) is 21.2 Å². The Balaban J connectivity index is 1.85. The first-order valence-electron chi connectivity index (χ1n) is 13.8. The van der Waals surface area contributed by atoms with Crippen LogP contribution in [0.3, 0.4) is 0 Å². The number of methoxy groups -OCH3 is 2. The lowest BCUT2D eigenvalue weighted by Crippen LogP contribution is -2.67. The first-order valence-corrected chi connectivity index (χ1v) is 13.8. The van der Waals surface area contributed by atoms with Crippen LogP contribution >= 0.6 is 0 Å². The molecule has 1 atom stereocenters. The molecule has 0 aliphatic carbocycles. The van der Waals surface area contributed by atoms with Crippen molar-refractivity contribution < 1.29 is 19.4 Å². The maximum Gasteiger partial charge on any atom is 0.256 e. The lowest BCUT2D eigenvalue weighted by atomic mass is 9.77. The van der Waals surface area contributed by atoms with Gasteiger partial charge >= 0.3 is 0 Å². The minimum atomic E-state index is -1.80. The van der Waals surface area contributed by atoms with Crippen molar-refractivity contribution in [2.75, 3.05) is 14.2 Å². The molecule has 8 heteroatoms. The molecule has 1 unspecified atom stereocenters. The Morgan fingerprint density at radius 3 is 2.07 bits per heavy atom. The van der Waals surface area contributed by atoms with E-state index in [1.165, 1.54) is 6.20 Å². The SMILES string of the molecule is CCCCCC(O)(NNC(c1ccccc1)(c1ccccc1)c1cccc(OC)c1OC)NC(=O)c1cccnc1. The molecule has 4 rings (SSSR count). The van der Waals surface area contributed by atoms with Crippen molar-refractivity contribution in [3.63, 3.8) is 0 Å². The number of hydrazine groups is 1. The second-order valence-electron chi connectivity index (χ2n) is 9.79. The second kappa shape index (κ2) is 13.9. The number of unbranched alkanes of at least 4 members (excludes halogenated alkanes) is 2. The number of nitrogens with zero attached hydrogens (tertiary/aromatic N) is 1. The number of nitrogens with one attached hydrogen (secondary N) is 3. The molecule has 4 aromatic rings. The fraction of sp³-hybridized carbons (Fsp3) is 0.273. The highest BCUT2D eigenvalue weighted by Crippen LogP contribution is 2.44. The molecule has 0 fully saturated rings. The Kier molecular flexibility index (Phi) is 10.1. The van der Waals surface area contributed by atoms with Gasteiger partial charge in [0.2, 0.25) is 5.85 Å². The average molecular weight is 555 g/mol. The van der Waals surface area contributed by atoms with Crippen LogP contribution in [0.4, 0.5) is 0 Å². The number of amides is 1. The minimum absolute atomic E-state index is 0.259. The van der Waals surface area contributed by atoms with E-state index < -0.39 is 17.3 Å². The van der Waals surface area contributed by atoms with Gasteiger partial charge in [-0.25, -0.2) is 10.9 Å². The van der Waals surface area contributed by atoms with Gasteiger partial charge in [-0.15, -0.1) is 0 Å². The van der Waals surface area contributed by atoms with Gasteiger partial charge in [-0.2, -0.15) is 0 Å². The summed E-state index contributed by atoms with van der Waals surface area (Å²) in [4.78, 5) is 17.2. The number of ether oxygens (including phenoxy) is 2. The summed E-state index contributed by atoms with van der Waals surface area (Å²) in [6, 6.07) is 28.8. The number of carbonyl (C=O) groups excluding carboxylic acids is 1. The zero-order chi connectivity index (χ0) is 29.1. The number of aromatic nitrogens is 1. The van der Waals surface area contributed by atoms with Gasteiger partial charge in [-0.1, -0.05) is 92.6 Å². The number of aliphatic hydroxyl groups is 1. The van der Waals surface area contributed by atoms with Crippen LogP contribution in [-0.2, 0) is 5.54 Å². The summed E-state index contributed by atoms with van der Waals surface area (Å²) in [5.41, 5.74) is 8.36. The van der Waals surface area contributed by atoms with Gasteiger partial charge in [0, 0.05) is 24.4 Å². The molecule has 0 aliphatic heterocycles. The summed E-state index contributed by atoms with van der Waals surface area (Å²) in [7, 11) is 3.20. The van der Waals surface area contributed by atoms with Crippen molar-refractivity contribution in [3.8, 4) is 11.5 Å². The van der Waals surface area contributed by atoms with Crippen LogP contribution in [0.5, 0.6) is 11.5 Å². The van der Waals surface area contributed by atoms with E-state index in [-0.39, 0.29) is 6.42 Å². The molecule has 0 radical (unpaired) electrons. The lowest BCUT2D eigenvalue weighted by molar-refractivity contribution is -0.0488. The number of pyridine rings is 1. The zero-order valence-corrected chi connectivity index (χ0v) is 23.8. The number of hydrogen-bond acceptors (Lipinski definition) is 7. The van der Waals surface area contributed by atoms with Crippen LogP contribution in [0.2, 0.25) is 0 Å². The molecule has 3 aromatic carbocycles. The Morgan fingerprint density at radius 2 is 1.51 bits per heavy atom.